The zero-order valence-corrected chi connectivity index (χ0v) is 10.4. The molecular formula is C13H18FNO2. The molecule has 1 rings (SSSR count). The van der Waals surface area contributed by atoms with Crippen LogP contribution < -0.4 is 5.73 Å². The topological polar surface area (TPSA) is 52.3 Å². The zero-order chi connectivity index (χ0) is 13.1. The lowest BCUT2D eigenvalue weighted by molar-refractivity contribution is -0.156. The second-order valence-electron chi connectivity index (χ2n) is 4.97. The predicted octanol–water partition coefficient (Wildman–Crippen LogP) is 2.04. The quantitative estimate of drug-likeness (QED) is 0.821. The molecule has 1 atom stereocenters. The predicted molar refractivity (Wildman–Crippen MR) is 63.9 cm³/mol. The number of halogens is 1. The molecule has 17 heavy (non-hydrogen) atoms. The van der Waals surface area contributed by atoms with Crippen molar-refractivity contribution in [1.29, 1.82) is 0 Å². The van der Waals surface area contributed by atoms with E-state index in [-0.39, 0.29) is 5.82 Å². The Kier molecular flexibility index (Phi) is 4.23. The standard InChI is InChI=1S/C13H18FNO2/c1-13(2,3)17-12(16)11(15)8-9-4-6-10(14)7-5-9/h4-7,11H,8,15H2,1-3H3/t11-/m1/s1. The van der Waals surface area contributed by atoms with E-state index in [2.05, 4.69) is 0 Å². The van der Waals surface area contributed by atoms with Crippen LogP contribution in [0.25, 0.3) is 0 Å². The van der Waals surface area contributed by atoms with E-state index in [4.69, 9.17) is 10.5 Å². The van der Waals surface area contributed by atoms with Crippen LogP contribution in [0.1, 0.15) is 26.3 Å². The van der Waals surface area contributed by atoms with Gasteiger partial charge >= 0.3 is 5.97 Å². The van der Waals surface area contributed by atoms with Gasteiger partial charge < -0.3 is 10.5 Å². The number of nitrogens with two attached hydrogens (primary N) is 1. The van der Waals surface area contributed by atoms with Gasteiger partial charge in [-0.25, -0.2) is 4.39 Å². The molecular weight excluding hydrogens is 221 g/mol. The van der Waals surface area contributed by atoms with Gasteiger partial charge in [0.2, 0.25) is 0 Å². The molecule has 1 aromatic rings. The maximum absolute atomic E-state index is 12.7. The summed E-state index contributed by atoms with van der Waals surface area (Å²) in [5, 5.41) is 0. The first-order chi connectivity index (χ1) is 7.78. The molecule has 0 fully saturated rings. The molecule has 94 valence electrons. The summed E-state index contributed by atoms with van der Waals surface area (Å²) in [5.74, 6) is -0.749. The van der Waals surface area contributed by atoms with E-state index in [0.29, 0.717) is 6.42 Å². The smallest absolute Gasteiger partial charge is 0.323 e. The SMILES string of the molecule is CC(C)(C)OC(=O)[C@H](N)Cc1ccc(F)cc1. The Bertz CT molecular complexity index is 381. The molecule has 0 aromatic heterocycles. The summed E-state index contributed by atoms with van der Waals surface area (Å²) in [5.41, 5.74) is 5.99. The van der Waals surface area contributed by atoms with Crippen molar-refractivity contribution in [2.75, 3.05) is 0 Å². The van der Waals surface area contributed by atoms with Crippen molar-refractivity contribution < 1.29 is 13.9 Å². The Morgan fingerprint density at radius 2 is 1.88 bits per heavy atom. The first kappa shape index (κ1) is 13.6. The van der Waals surface area contributed by atoms with Gasteiger partial charge in [-0.2, -0.15) is 0 Å². The van der Waals surface area contributed by atoms with Crippen LogP contribution in [0, 0.1) is 5.82 Å². The van der Waals surface area contributed by atoms with E-state index in [1.807, 2.05) is 0 Å². The van der Waals surface area contributed by atoms with E-state index in [0.717, 1.165) is 5.56 Å². The number of hydrogen-bond donors (Lipinski definition) is 1. The molecule has 0 heterocycles. The van der Waals surface area contributed by atoms with E-state index < -0.39 is 17.6 Å². The Hall–Kier alpha value is -1.42. The number of carbonyl (C=O) groups is 1. The van der Waals surface area contributed by atoms with E-state index in [9.17, 15) is 9.18 Å². The summed E-state index contributed by atoms with van der Waals surface area (Å²) in [7, 11) is 0. The molecule has 0 saturated heterocycles. The van der Waals surface area contributed by atoms with Gasteiger partial charge in [0.05, 0.1) is 0 Å². The fourth-order valence-corrected chi connectivity index (χ4v) is 1.34. The number of rotatable bonds is 3. The minimum atomic E-state index is -0.723. The number of hydrogen-bond acceptors (Lipinski definition) is 3. The molecule has 0 unspecified atom stereocenters. The summed E-state index contributed by atoms with van der Waals surface area (Å²) >= 11 is 0. The highest BCUT2D eigenvalue weighted by atomic mass is 19.1. The van der Waals surface area contributed by atoms with Crippen LogP contribution in [0.3, 0.4) is 0 Å². The van der Waals surface area contributed by atoms with E-state index >= 15 is 0 Å². The molecule has 0 radical (unpaired) electrons. The maximum Gasteiger partial charge on any atom is 0.323 e. The third-order valence-corrected chi connectivity index (χ3v) is 2.08. The van der Waals surface area contributed by atoms with Crippen LogP contribution in [0.15, 0.2) is 24.3 Å². The van der Waals surface area contributed by atoms with Crippen molar-refractivity contribution in [3.63, 3.8) is 0 Å². The molecule has 0 amide bonds. The highest BCUT2D eigenvalue weighted by Gasteiger charge is 2.22. The number of esters is 1. The fourth-order valence-electron chi connectivity index (χ4n) is 1.34. The summed E-state index contributed by atoms with van der Waals surface area (Å²) in [6, 6.07) is 5.19. The average Bonchev–Trinajstić information content (AvgIpc) is 2.19. The molecule has 0 bridgehead atoms. The van der Waals surface area contributed by atoms with Gasteiger partial charge in [0.1, 0.15) is 17.5 Å². The first-order valence-electron chi connectivity index (χ1n) is 5.51. The Morgan fingerprint density at radius 3 is 2.35 bits per heavy atom. The third kappa shape index (κ3) is 4.95. The molecule has 0 aliphatic carbocycles. The van der Waals surface area contributed by atoms with Gasteiger partial charge in [-0.05, 0) is 44.9 Å². The van der Waals surface area contributed by atoms with Crippen LogP contribution in [0.5, 0.6) is 0 Å². The van der Waals surface area contributed by atoms with Crippen molar-refractivity contribution in [2.24, 2.45) is 5.73 Å². The van der Waals surface area contributed by atoms with Gasteiger partial charge in [-0.3, -0.25) is 4.79 Å². The lowest BCUT2D eigenvalue weighted by atomic mass is 10.1. The minimum absolute atomic E-state index is 0.306. The Labute approximate surface area is 101 Å². The number of benzene rings is 1. The Balaban J connectivity index is 2.57. The molecule has 1 aromatic carbocycles. The minimum Gasteiger partial charge on any atom is -0.459 e. The van der Waals surface area contributed by atoms with Crippen LogP contribution in [0.2, 0.25) is 0 Å². The molecule has 0 aliphatic rings. The Morgan fingerprint density at radius 1 is 1.35 bits per heavy atom. The highest BCUT2D eigenvalue weighted by molar-refractivity contribution is 5.76. The number of ether oxygens (including phenoxy) is 1. The monoisotopic (exact) mass is 239 g/mol. The average molecular weight is 239 g/mol. The van der Waals surface area contributed by atoms with Crippen molar-refractivity contribution in [2.45, 2.75) is 38.8 Å². The largest absolute Gasteiger partial charge is 0.459 e. The highest BCUT2D eigenvalue weighted by Crippen LogP contribution is 2.10. The molecule has 0 saturated carbocycles. The normalized spacial score (nSPS) is 13.2. The van der Waals surface area contributed by atoms with Crippen molar-refractivity contribution in [3.05, 3.63) is 35.6 Å². The maximum atomic E-state index is 12.7. The van der Waals surface area contributed by atoms with Crippen LogP contribution in [0.4, 0.5) is 4.39 Å². The lowest BCUT2D eigenvalue weighted by Crippen LogP contribution is -2.38. The van der Waals surface area contributed by atoms with Gasteiger partial charge in [-0.15, -0.1) is 0 Å². The van der Waals surface area contributed by atoms with Crippen molar-refractivity contribution >= 4 is 5.97 Å². The lowest BCUT2D eigenvalue weighted by Gasteiger charge is -2.22. The zero-order valence-electron chi connectivity index (χ0n) is 10.4. The molecule has 0 spiro atoms. The van der Waals surface area contributed by atoms with Gasteiger partial charge in [0, 0.05) is 0 Å². The molecule has 0 aliphatic heterocycles. The van der Waals surface area contributed by atoms with Crippen molar-refractivity contribution in [1.82, 2.24) is 0 Å². The number of carbonyl (C=O) groups excluding carboxylic acids is 1. The van der Waals surface area contributed by atoms with Gasteiger partial charge in [-0.1, -0.05) is 12.1 Å². The second-order valence-corrected chi connectivity index (χ2v) is 4.97. The van der Waals surface area contributed by atoms with Crippen molar-refractivity contribution in [3.8, 4) is 0 Å². The first-order valence-corrected chi connectivity index (χ1v) is 5.51. The summed E-state index contributed by atoms with van der Waals surface area (Å²) in [6.45, 7) is 5.36. The molecule has 3 nitrogen and oxygen atoms in total. The van der Waals surface area contributed by atoms with E-state index in [1.54, 1.807) is 32.9 Å². The summed E-state index contributed by atoms with van der Waals surface area (Å²) < 4.78 is 17.8. The second kappa shape index (κ2) is 5.27. The van der Waals surface area contributed by atoms with Gasteiger partial charge in [0.25, 0.3) is 0 Å². The molecule has 2 N–H and O–H groups in total. The fraction of sp³-hybridized carbons (Fsp3) is 0.462. The van der Waals surface area contributed by atoms with Crippen LogP contribution >= 0.6 is 0 Å². The third-order valence-electron chi connectivity index (χ3n) is 2.08. The summed E-state index contributed by atoms with van der Waals surface area (Å²) in [6.07, 6.45) is 0.342. The summed E-state index contributed by atoms with van der Waals surface area (Å²) in [4.78, 5) is 11.6. The molecule has 4 heteroatoms. The van der Waals surface area contributed by atoms with Crippen LogP contribution in [-0.2, 0) is 16.0 Å². The van der Waals surface area contributed by atoms with Gasteiger partial charge in [0.15, 0.2) is 0 Å². The van der Waals surface area contributed by atoms with Crippen LogP contribution in [-0.4, -0.2) is 17.6 Å². The van der Waals surface area contributed by atoms with E-state index in [1.165, 1.54) is 12.1 Å².